The predicted octanol–water partition coefficient (Wildman–Crippen LogP) is 3.50. The first-order valence-electron chi connectivity index (χ1n) is 7.00. The van der Waals surface area contributed by atoms with Gasteiger partial charge in [-0.2, -0.15) is 0 Å². The van der Waals surface area contributed by atoms with Crippen molar-refractivity contribution in [3.05, 3.63) is 27.7 Å². The zero-order chi connectivity index (χ0) is 17.6. The quantitative estimate of drug-likeness (QED) is 0.485. The molecule has 0 bridgehead atoms. The number of halogens is 2. The number of hydrogen-bond donors (Lipinski definition) is 2. The Hall–Kier alpha value is -0.430. The van der Waals surface area contributed by atoms with Crippen LogP contribution in [0, 0.1) is 0 Å². The normalized spacial score (nSPS) is 13.7. The summed E-state index contributed by atoms with van der Waals surface area (Å²) >= 11 is 9.27. The molecule has 0 aliphatic rings. The number of ether oxygens (including phenoxy) is 2. The molecule has 0 radical (unpaired) electrons. The average Bonchev–Trinajstić information content (AvgIpc) is 2.35. The van der Waals surface area contributed by atoms with Gasteiger partial charge < -0.3 is 0 Å². The summed E-state index contributed by atoms with van der Waals surface area (Å²) < 4.78 is 16.5. The van der Waals surface area contributed by atoms with Gasteiger partial charge in [0.1, 0.15) is 0 Å². The molecular weight excluding hydrogens is 408 g/mol. The standard InChI is InChI=1S/C14H22BrClNO5P/c1-9(2)21-14(18)10(3)17-23(19,8-20-4)22-13-6-11(15)5-12(16)7-13/h5-7,9-10,17,19,23H,8H2,1-4H3/t10-/m0/s1. The van der Waals surface area contributed by atoms with Gasteiger partial charge in [-0.25, -0.2) is 0 Å². The van der Waals surface area contributed by atoms with Crippen molar-refractivity contribution < 1.29 is 23.7 Å². The molecule has 0 saturated heterocycles. The van der Waals surface area contributed by atoms with Gasteiger partial charge in [0.15, 0.2) is 0 Å². The van der Waals surface area contributed by atoms with Crippen molar-refractivity contribution in [3.8, 4) is 5.75 Å². The van der Waals surface area contributed by atoms with Gasteiger partial charge in [-0.05, 0) is 0 Å². The summed E-state index contributed by atoms with van der Waals surface area (Å²) in [5, 5.41) is 3.26. The molecule has 132 valence electrons. The van der Waals surface area contributed by atoms with Crippen LogP contribution in [0.15, 0.2) is 22.7 Å². The second kappa shape index (κ2) is 9.16. The molecule has 1 atom stereocenters. The van der Waals surface area contributed by atoms with Crippen molar-refractivity contribution in [3.63, 3.8) is 0 Å². The van der Waals surface area contributed by atoms with Crippen molar-refractivity contribution in [2.45, 2.75) is 32.9 Å². The van der Waals surface area contributed by atoms with Gasteiger partial charge in [-0.3, -0.25) is 0 Å². The first-order valence-corrected chi connectivity index (χ1v) is 10.2. The van der Waals surface area contributed by atoms with Crippen molar-refractivity contribution in [2.24, 2.45) is 0 Å². The molecule has 1 rings (SSSR count). The summed E-state index contributed by atoms with van der Waals surface area (Å²) in [5.74, 6) is -0.106. The maximum atomic E-state index is 11.9. The number of benzene rings is 1. The summed E-state index contributed by atoms with van der Waals surface area (Å²) in [4.78, 5) is 22.6. The van der Waals surface area contributed by atoms with Gasteiger partial charge in [0.2, 0.25) is 0 Å². The van der Waals surface area contributed by atoms with E-state index in [1.807, 2.05) is 0 Å². The summed E-state index contributed by atoms with van der Waals surface area (Å²) in [6.45, 7) is 5.10. The van der Waals surface area contributed by atoms with E-state index < -0.39 is 19.9 Å². The second-order valence-electron chi connectivity index (χ2n) is 5.28. The molecule has 0 amide bonds. The number of esters is 1. The molecule has 23 heavy (non-hydrogen) atoms. The fraction of sp³-hybridized carbons (Fsp3) is 0.500. The van der Waals surface area contributed by atoms with E-state index >= 15 is 0 Å². The van der Waals surface area contributed by atoms with E-state index in [2.05, 4.69) is 21.0 Å². The van der Waals surface area contributed by atoms with Crippen LogP contribution in [-0.2, 0) is 14.3 Å². The summed E-state index contributed by atoms with van der Waals surface area (Å²) in [6.07, 6.45) is -0.315. The number of hydrogen-bond acceptors (Lipinski definition) is 6. The topological polar surface area (TPSA) is 77.0 Å². The Morgan fingerprint density at radius 1 is 1.39 bits per heavy atom. The molecular formula is C14H22BrClNO5P. The summed E-state index contributed by atoms with van der Waals surface area (Å²) in [7, 11) is -2.13. The van der Waals surface area contributed by atoms with E-state index in [0.29, 0.717) is 15.2 Å². The minimum absolute atomic E-state index is 0.0730. The van der Waals surface area contributed by atoms with E-state index in [-0.39, 0.29) is 12.5 Å². The zero-order valence-electron chi connectivity index (χ0n) is 13.4. The van der Waals surface area contributed by atoms with E-state index in [1.165, 1.54) is 7.11 Å². The predicted molar refractivity (Wildman–Crippen MR) is 96.0 cm³/mol. The average molecular weight is 431 g/mol. The molecule has 9 heteroatoms. The van der Waals surface area contributed by atoms with Crippen LogP contribution in [0.1, 0.15) is 20.8 Å². The first-order chi connectivity index (χ1) is 10.6. The van der Waals surface area contributed by atoms with E-state index in [4.69, 9.17) is 25.6 Å². The van der Waals surface area contributed by atoms with Crippen LogP contribution in [0.25, 0.3) is 0 Å². The Kier molecular flexibility index (Phi) is 8.21. The van der Waals surface area contributed by atoms with Gasteiger partial charge in [0, 0.05) is 0 Å². The number of carbonyl (C=O) groups is 1. The molecule has 0 spiro atoms. The molecule has 0 aliphatic carbocycles. The molecule has 0 unspecified atom stereocenters. The monoisotopic (exact) mass is 429 g/mol. The third kappa shape index (κ3) is 7.33. The van der Waals surface area contributed by atoms with Crippen LogP contribution in [0.2, 0.25) is 5.02 Å². The van der Waals surface area contributed by atoms with Crippen LogP contribution in [0.3, 0.4) is 0 Å². The Morgan fingerprint density at radius 3 is 2.57 bits per heavy atom. The van der Waals surface area contributed by atoms with Gasteiger partial charge in [-0.15, -0.1) is 0 Å². The molecule has 1 aromatic rings. The fourth-order valence-electron chi connectivity index (χ4n) is 1.81. The van der Waals surface area contributed by atoms with Crippen molar-refractivity contribution in [2.75, 3.05) is 13.5 Å². The van der Waals surface area contributed by atoms with Crippen LogP contribution >= 0.6 is 35.4 Å². The van der Waals surface area contributed by atoms with Crippen LogP contribution in [0.4, 0.5) is 0 Å². The van der Waals surface area contributed by atoms with Gasteiger partial charge in [0.25, 0.3) is 0 Å². The van der Waals surface area contributed by atoms with E-state index in [0.717, 1.165) is 0 Å². The van der Waals surface area contributed by atoms with Crippen molar-refractivity contribution in [1.82, 2.24) is 5.09 Å². The number of carbonyl (C=O) groups excluding carboxylic acids is 1. The maximum absolute atomic E-state index is 11.9. The van der Waals surface area contributed by atoms with E-state index in [9.17, 15) is 9.69 Å². The van der Waals surface area contributed by atoms with Gasteiger partial charge in [0.05, 0.1) is 0 Å². The number of rotatable bonds is 8. The molecule has 2 N–H and O–H groups in total. The Labute approximate surface area is 150 Å². The molecule has 1 aromatic carbocycles. The second-order valence-corrected chi connectivity index (χ2v) is 8.98. The number of nitrogens with one attached hydrogen (secondary N) is 1. The Bertz CT molecular complexity index is 528. The van der Waals surface area contributed by atoms with Gasteiger partial charge in [-0.1, -0.05) is 0 Å². The van der Waals surface area contributed by atoms with Crippen LogP contribution < -0.4 is 9.61 Å². The fourth-order valence-corrected chi connectivity index (χ4v) is 4.53. The van der Waals surface area contributed by atoms with Crippen molar-refractivity contribution in [1.29, 1.82) is 0 Å². The molecule has 0 saturated carbocycles. The molecule has 0 heterocycles. The van der Waals surface area contributed by atoms with E-state index in [1.54, 1.807) is 39.0 Å². The number of methoxy groups -OCH3 is 1. The minimum atomic E-state index is -3.57. The SMILES string of the molecule is COC[PH](O)(N[C@@H](C)C(=O)OC(C)C)Oc1cc(Cl)cc(Br)c1. The first kappa shape index (κ1) is 20.6. The Balaban J connectivity index is 2.87. The third-order valence-electron chi connectivity index (χ3n) is 2.61. The molecule has 6 nitrogen and oxygen atoms in total. The van der Waals surface area contributed by atoms with Crippen LogP contribution in [-0.4, -0.2) is 36.5 Å². The van der Waals surface area contributed by atoms with Gasteiger partial charge >= 0.3 is 150 Å². The summed E-state index contributed by atoms with van der Waals surface area (Å²) in [6, 6.07) is 4.19. The Morgan fingerprint density at radius 2 is 2.04 bits per heavy atom. The molecule has 0 aliphatic heterocycles. The molecule has 0 fully saturated rings. The van der Waals surface area contributed by atoms with Crippen molar-refractivity contribution >= 4 is 41.4 Å². The molecule has 0 aromatic heterocycles. The third-order valence-corrected chi connectivity index (χ3v) is 5.42. The summed E-state index contributed by atoms with van der Waals surface area (Å²) in [5.41, 5.74) is 0. The zero-order valence-corrected chi connectivity index (χ0v) is 16.8. The van der Waals surface area contributed by atoms with Crippen LogP contribution in [0.5, 0.6) is 5.75 Å².